The van der Waals surface area contributed by atoms with Gasteiger partial charge in [-0.1, -0.05) is 6.42 Å². The molecule has 2 saturated carbocycles. The molecule has 0 aliphatic heterocycles. The summed E-state index contributed by atoms with van der Waals surface area (Å²) in [4.78, 5) is 10.9. The molecular formula is C9H14O2. The van der Waals surface area contributed by atoms with Crippen LogP contribution in [-0.2, 0) is 4.79 Å². The molecule has 2 bridgehead atoms. The maximum Gasteiger partial charge on any atom is 0.309 e. The Labute approximate surface area is 66.6 Å². The number of hydrogen-bond acceptors (Lipinski definition) is 1. The van der Waals surface area contributed by atoms with E-state index in [-0.39, 0.29) is 5.41 Å². The van der Waals surface area contributed by atoms with Crippen molar-refractivity contribution in [3.05, 3.63) is 0 Å². The summed E-state index contributed by atoms with van der Waals surface area (Å²) >= 11 is 0. The second-order valence-electron chi connectivity index (χ2n) is 4.30. The number of hydrogen-bond donors (Lipinski definition) is 1. The molecule has 0 unspecified atom stereocenters. The van der Waals surface area contributed by atoms with Crippen LogP contribution >= 0.6 is 0 Å². The Bertz CT molecular complexity index is 200. The summed E-state index contributed by atoms with van der Waals surface area (Å²) in [5, 5.41) is 8.99. The molecular weight excluding hydrogens is 140 g/mol. The fourth-order valence-corrected chi connectivity index (χ4v) is 2.87. The summed E-state index contributed by atoms with van der Waals surface area (Å²) < 4.78 is 0. The van der Waals surface area contributed by atoms with E-state index < -0.39 is 5.97 Å². The van der Waals surface area contributed by atoms with Gasteiger partial charge in [-0.2, -0.15) is 0 Å². The molecule has 0 saturated heterocycles. The molecule has 2 heteroatoms. The number of carboxylic acid groups (broad SMARTS) is 1. The number of carboxylic acids is 1. The van der Waals surface area contributed by atoms with Crippen molar-refractivity contribution in [2.75, 3.05) is 0 Å². The third-order valence-corrected chi connectivity index (χ3v) is 3.64. The van der Waals surface area contributed by atoms with Crippen LogP contribution in [0.5, 0.6) is 0 Å². The number of fused-ring (bicyclic) bond motifs is 2. The lowest BCUT2D eigenvalue weighted by molar-refractivity contribution is -0.151. The Kier molecular flexibility index (Phi) is 1.29. The van der Waals surface area contributed by atoms with E-state index in [1.165, 1.54) is 12.8 Å². The molecule has 11 heavy (non-hydrogen) atoms. The monoisotopic (exact) mass is 154 g/mol. The lowest BCUT2D eigenvalue weighted by Gasteiger charge is -2.28. The molecule has 2 nitrogen and oxygen atoms in total. The van der Waals surface area contributed by atoms with Crippen LogP contribution in [0.4, 0.5) is 0 Å². The third kappa shape index (κ3) is 0.815. The van der Waals surface area contributed by atoms with Gasteiger partial charge in [0.1, 0.15) is 0 Å². The molecule has 0 aromatic rings. The first-order valence-electron chi connectivity index (χ1n) is 4.36. The van der Waals surface area contributed by atoms with Gasteiger partial charge in [0.05, 0.1) is 5.41 Å². The molecule has 0 heterocycles. The van der Waals surface area contributed by atoms with E-state index in [1.807, 2.05) is 6.92 Å². The molecule has 62 valence electrons. The predicted molar refractivity (Wildman–Crippen MR) is 41.2 cm³/mol. The van der Waals surface area contributed by atoms with Crippen LogP contribution in [0.3, 0.4) is 0 Å². The molecule has 2 aliphatic rings. The molecule has 2 fully saturated rings. The normalized spacial score (nSPS) is 48.1. The summed E-state index contributed by atoms with van der Waals surface area (Å²) in [7, 11) is 0. The van der Waals surface area contributed by atoms with E-state index in [2.05, 4.69) is 0 Å². The van der Waals surface area contributed by atoms with Crippen LogP contribution in [0.15, 0.2) is 0 Å². The maximum absolute atomic E-state index is 10.9. The summed E-state index contributed by atoms with van der Waals surface area (Å²) in [6, 6.07) is 0. The molecule has 0 radical (unpaired) electrons. The van der Waals surface area contributed by atoms with Crippen LogP contribution in [0.25, 0.3) is 0 Å². The van der Waals surface area contributed by atoms with Crippen LogP contribution in [0.2, 0.25) is 0 Å². The highest BCUT2D eigenvalue weighted by molar-refractivity contribution is 5.75. The second-order valence-corrected chi connectivity index (χ2v) is 4.30. The zero-order valence-corrected chi connectivity index (χ0v) is 6.84. The SMILES string of the molecule is C[C@]1(C(=O)O)C[C@@H]2CC[C@H]1C2. The van der Waals surface area contributed by atoms with E-state index in [9.17, 15) is 4.79 Å². The topological polar surface area (TPSA) is 37.3 Å². The van der Waals surface area contributed by atoms with Gasteiger partial charge in [-0.05, 0) is 38.0 Å². The van der Waals surface area contributed by atoms with Gasteiger partial charge in [0.2, 0.25) is 0 Å². The molecule has 0 aromatic heterocycles. The highest BCUT2D eigenvalue weighted by Gasteiger charge is 2.52. The Balaban J connectivity index is 2.23. The maximum atomic E-state index is 10.9. The van der Waals surface area contributed by atoms with Crippen LogP contribution in [0, 0.1) is 17.3 Å². The van der Waals surface area contributed by atoms with Crippen molar-refractivity contribution in [2.24, 2.45) is 17.3 Å². The molecule has 2 rings (SSSR count). The highest BCUT2D eigenvalue weighted by Crippen LogP contribution is 2.55. The Morgan fingerprint density at radius 3 is 2.55 bits per heavy atom. The summed E-state index contributed by atoms with van der Waals surface area (Å²) in [5.74, 6) is 0.621. The van der Waals surface area contributed by atoms with Crippen molar-refractivity contribution in [2.45, 2.75) is 32.6 Å². The van der Waals surface area contributed by atoms with Gasteiger partial charge in [0.25, 0.3) is 0 Å². The first-order valence-corrected chi connectivity index (χ1v) is 4.36. The van der Waals surface area contributed by atoms with Crippen molar-refractivity contribution in [3.8, 4) is 0 Å². The lowest BCUT2D eigenvalue weighted by atomic mass is 9.75. The average molecular weight is 154 g/mol. The second kappa shape index (κ2) is 1.99. The van der Waals surface area contributed by atoms with Crippen molar-refractivity contribution >= 4 is 5.97 Å². The van der Waals surface area contributed by atoms with Crippen LogP contribution < -0.4 is 0 Å². The van der Waals surface area contributed by atoms with Crippen LogP contribution in [0.1, 0.15) is 32.6 Å². The zero-order valence-electron chi connectivity index (χ0n) is 6.84. The first kappa shape index (κ1) is 7.14. The average Bonchev–Trinajstić information content (AvgIpc) is 2.45. The quantitative estimate of drug-likeness (QED) is 0.626. The summed E-state index contributed by atoms with van der Waals surface area (Å²) in [6.07, 6.45) is 4.51. The highest BCUT2D eigenvalue weighted by atomic mass is 16.4. The van der Waals surface area contributed by atoms with Crippen molar-refractivity contribution in [1.82, 2.24) is 0 Å². The van der Waals surface area contributed by atoms with Gasteiger partial charge < -0.3 is 5.11 Å². The molecule has 1 N–H and O–H groups in total. The van der Waals surface area contributed by atoms with Gasteiger partial charge in [-0.25, -0.2) is 0 Å². The van der Waals surface area contributed by atoms with Gasteiger partial charge in [0.15, 0.2) is 0 Å². The van der Waals surface area contributed by atoms with Crippen molar-refractivity contribution in [1.29, 1.82) is 0 Å². The minimum atomic E-state index is -0.579. The van der Waals surface area contributed by atoms with E-state index >= 15 is 0 Å². The Morgan fingerprint density at radius 1 is 1.55 bits per heavy atom. The van der Waals surface area contributed by atoms with Gasteiger partial charge in [0, 0.05) is 0 Å². The fourth-order valence-electron chi connectivity index (χ4n) is 2.87. The van der Waals surface area contributed by atoms with Gasteiger partial charge in [-0.15, -0.1) is 0 Å². The number of carbonyl (C=O) groups is 1. The molecule has 2 aliphatic carbocycles. The van der Waals surface area contributed by atoms with Gasteiger partial charge >= 0.3 is 5.97 Å². The standard InChI is InChI=1S/C9H14O2/c1-9(8(10)11)5-6-2-3-7(9)4-6/h6-7H,2-5H2,1H3,(H,10,11)/t6-,7+,9+/m1/s1. The third-order valence-electron chi connectivity index (χ3n) is 3.64. The summed E-state index contributed by atoms with van der Waals surface area (Å²) in [5.41, 5.74) is -0.372. The van der Waals surface area contributed by atoms with Gasteiger partial charge in [-0.3, -0.25) is 4.79 Å². The Morgan fingerprint density at radius 2 is 2.27 bits per heavy atom. The van der Waals surface area contributed by atoms with Crippen molar-refractivity contribution < 1.29 is 9.90 Å². The lowest BCUT2D eigenvalue weighted by Crippen LogP contribution is -2.32. The summed E-state index contributed by atoms with van der Waals surface area (Å²) in [6.45, 7) is 1.92. The van der Waals surface area contributed by atoms with E-state index in [4.69, 9.17) is 5.11 Å². The van der Waals surface area contributed by atoms with E-state index in [0.29, 0.717) is 5.92 Å². The first-order chi connectivity index (χ1) is 5.13. The number of aliphatic carboxylic acids is 1. The van der Waals surface area contributed by atoms with E-state index in [1.54, 1.807) is 0 Å². The number of rotatable bonds is 1. The molecule has 3 atom stereocenters. The minimum Gasteiger partial charge on any atom is -0.481 e. The minimum absolute atomic E-state index is 0.372. The van der Waals surface area contributed by atoms with Crippen molar-refractivity contribution in [3.63, 3.8) is 0 Å². The largest absolute Gasteiger partial charge is 0.481 e. The Hall–Kier alpha value is -0.530. The van der Waals surface area contributed by atoms with E-state index in [0.717, 1.165) is 18.8 Å². The smallest absolute Gasteiger partial charge is 0.309 e. The predicted octanol–water partition coefficient (Wildman–Crippen LogP) is 1.90. The molecule has 0 amide bonds. The molecule has 0 aromatic carbocycles. The van der Waals surface area contributed by atoms with Crippen LogP contribution in [-0.4, -0.2) is 11.1 Å². The molecule has 0 spiro atoms. The zero-order chi connectivity index (χ0) is 8.06. The fraction of sp³-hybridized carbons (Fsp3) is 0.889.